The van der Waals surface area contributed by atoms with Crippen molar-refractivity contribution in [3.05, 3.63) is 45.9 Å². The van der Waals surface area contributed by atoms with Crippen LogP contribution in [0.4, 0.5) is 33.6 Å². The molecule has 0 fully saturated rings. The molecule has 11 nitrogen and oxygen atoms in total. The highest BCUT2D eigenvalue weighted by Crippen LogP contribution is 2.39. The van der Waals surface area contributed by atoms with Crippen molar-refractivity contribution >= 4 is 69.7 Å². The van der Waals surface area contributed by atoms with Crippen LogP contribution >= 0.6 is 22.9 Å². The van der Waals surface area contributed by atoms with Crippen LogP contribution in [0.5, 0.6) is 5.06 Å². The molecule has 2 aromatic heterocycles. The Balaban J connectivity index is 1.60. The third-order valence-electron chi connectivity index (χ3n) is 5.70. The highest BCUT2D eigenvalue weighted by atomic mass is 35.5. The van der Waals surface area contributed by atoms with E-state index < -0.39 is 6.09 Å². The summed E-state index contributed by atoms with van der Waals surface area (Å²) in [5.41, 5.74) is 3.66. The van der Waals surface area contributed by atoms with E-state index in [1.54, 1.807) is 4.90 Å². The van der Waals surface area contributed by atoms with Gasteiger partial charge < -0.3 is 30.5 Å². The zero-order valence-corrected chi connectivity index (χ0v) is 22.3. The van der Waals surface area contributed by atoms with Crippen molar-refractivity contribution in [3.8, 4) is 5.06 Å². The van der Waals surface area contributed by atoms with Crippen molar-refractivity contribution in [1.29, 1.82) is 0 Å². The summed E-state index contributed by atoms with van der Waals surface area (Å²) >= 11 is 7.62. The fourth-order valence-electron chi connectivity index (χ4n) is 3.78. The van der Waals surface area contributed by atoms with Crippen LogP contribution in [0.2, 0.25) is 5.02 Å². The largest absolute Gasteiger partial charge is 0.413 e. The Kier molecular flexibility index (Phi) is 7.79. The Hall–Kier alpha value is -3.90. The lowest BCUT2D eigenvalue weighted by Gasteiger charge is -2.21. The zero-order chi connectivity index (χ0) is 26.7. The summed E-state index contributed by atoms with van der Waals surface area (Å²) in [7, 11) is 1.48. The van der Waals surface area contributed by atoms with E-state index >= 15 is 0 Å². The molecule has 4 rings (SSSR count). The fraction of sp³-hybridized carbons (Fsp3) is 0.292. The molecule has 0 bridgehead atoms. The molecule has 3 heterocycles. The molecule has 13 heteroatoms. The van der Waals surface area contributed by atoms with Crippen LogP contribution in [-0.4, -0.2) is 52.9 Å². The van der Waals surface area contributed by atoms with E-state index in [1.165, 1.54) is 36.4 Å². The number of aryl methyl sites for hydroxylation is 1. The lowest BCUT2D eigenvalue weighted by molar-refractivity contribution is -0.133. The molecule has 0 spiro atoms. The van der Waals surface area contributed by atoms with Gasteiger partial charge in [-0.2, -0.15) is 4.98 Å². The Morgan fingerprint density at radius 2 is 2.03 bits per heavy atom. The fourth-order valence-corrected chi connectivity index (χ4v) is 4.78. The maximum Gasteiger partial charge on any atom is 0.413 e. The molecule has 3 amide bonds. The molecule has 0 unspecified atom stereocenters. The van der Waals surface area contributed by atoms with Crippen LogP contribution in [0.15, 0.2) is 29.8 Å². The highest BCUT2D eigenvalue weighted by Gasteiger charge is 2.27. The van der Waals surface area contributed by atoms with Crippen LogP contribution in [0.25, 0.3) is 0 Å². The molecule has 0 saturated carbocycles. The first-order chi connectivity index (χ1) is 17.7. The van der Waals surface area contributed by atoms with Gasteiger partial charge in [-0.05, 0) is 42.5 Å². The predicted molar refractivity (Wildman–Crippen MR) is 143 cm³/mol. The Morgan fingerprint density at radius 1 is 1.24 bits per heavy atom. The minimum Gasteiger partial charge on any atom is -0.397 e. The lowest BCUT2D eigenvalue weighted by atomic mass is 10.1. The second-order valence-electron chi connectivity index (χ2n) is 8.22. The Morgan fingerprint density at radius 3 is 2.73 bits per heavy atom. The number of carbonyl (C=O) groups excluding carboxylic acids is 3. The third kappa shape index (κ3) is 5.75. The molecule has 194 valence electrons. The SMILES string of the molecule is CCN1C(=O)CN(C(C)=O)Cc2ccc(Nc3ncc(Cl)c(Nc4c(C)csc4OC(=O)NC)n3)cc21. The van der Waals surface area contributed by atoms with Gasteiger partial charge in [0, 0.05) is 32.7 Å². The summed E-state index contributed by atoms with van der Waals surface area (Å²) in [5, 5.41) is 11.2. The van der Waals surface area contributed by atoms with Gasteiger partial charge in [0.1, 0.15) is 11.6 Å². The molecule has 3 aromatic rings. The number of thiophene rings is 1. The average molecular weight is 544 g/mol. The maximum atomic E-state index is 12.8. The minimum atomic E-state index is -0.588. The van der Waals surface area contributed by atoms with Gasteiger partial charge in [-0.1, -0.05) is 17.7 Å². The molecule has 37 heavy (non-hydrogen) atoms. The van der Waals surface area contributed by atoms with Crippen molar-refractivity contribution in [3.63, 3.8) is 0 Å². The number of aromatic nitrogens is 2. The van der Waals surface area contributed by atoms with Crippen molar-refractivity contribution in [1.82, 2.24) is 20.2 Å². The molecule has 0 atom stereocenters. The number of carbonyl (C=O) groups is 3. The lowest BCUT2D eigenvalue weighted by Crippen LogP contribution is -2.39. The van der Waals surface area contributed by atoms with Crippen LogP contribution in [-0.2, 0) is 16.1 Å². The monoisotopic (exact) mass is 543 g/mol. The molecule has 3 N–H and O–H groups in total. The second-order valence-corrected chi connectivity index (χ2v) is 9.47. The van der Waals surface area contributed by atoms with Gasteiger partial charge in [-0.25, -0.2) is 9.78 Å². The molecule has 0 aliphatic carbocycles. The molecule has 1 aliphatic heterocycles. The first-order valence-electron chi connectivity index (χ1n) is 11.4. The van der Waals surface area contributed by atoms with Gasteiger partial charge in [0.15, 0.2) is 5.82 Å². The van der Waals surface area contributed by atoms with E-state index in [1.807, 2.05) is 37.4 Å². The van der Waals surface area contributed by atoms with Crippen LogP contribution in [0, 0.1) is 6.92 Å². The maximum absolute atomic E-state index is 12.8. The molecular formula is C24H26ClN7O4S. The van der Waals surface area contributed by atoms with Gasteiger partial charge >= 0.3 is 6.09 Å². The quantitative estimate of drug-likeness (QED) is 0.417. The zero-order valence-electron chi connectivity index (χ0n) is 20.7. The number of anilines is 5. The van der Waals surface area contributed by atoms with Gasteiger partial charge in [0.05, 0.1) is 17.6 Å². The summed E-state index contributed by atoms with van der Waals surface area (Å²) in [5.74, 6) is 0.282. The number of hydrogen-bond acceptors (Lipinski definition) is 9. The molecule has 1 aromatic carbocycles. The minimum absolute atomic E-state index is 0.0313. The van der Waals surface area contributed by atoms with Crippen LogP contribution in [0.3, 0.4) is 0 Å². The van der Waals surface area contributed by atoms with Gasteiger partial charge in [-0.3, -0.25) is 9.59 Å². The van der Waals surface area contributed by atoms with Crippen LogP contribution in [0.1, 0.15) is 25.0 Å². The number of benzene rings is 1. The van der Waals surface area contributed by atoms with Gasteiger partial charge in [0.25, 0.3) is 0 Å². The summed E-state index contributed by atoms with van der Waals surface area (Å²) in [4.78, 5) is 48.4. The van der Waals surface area contributed by atoms with E-state index in [0.717, 1.165) is 16.8 Å². The summed E-state index contributed by atoms with van der Waals surface area (Å²) in [6, 6.07) is 5.55. The van der Waals surface area contributed by atoms with E-state index in [2.05, 4.69) is 25.9 Å². The topological polar surface area (TPSA) is 129 Å². The summed E-state index contributed by atoms with van der Waals surface area (Å²) < 4.78 is 5.32. The molecule has 0 saturated heterocycles. The van der Waals surface area contributed by atoms with E-state index in [4.69, 9.17) is 16.3 Å². The third-order valence-corrected chi connectivity index (χ3v) is 6.95. The van der Waals surface area contributed by atoms with E-state index in [9.17, 15) is 14.4 Å². The molecule has 0 radical (unpaired) electrons. The number of rotatable bonds is 6. The van der Waals surface area contributed by atoms with Crippen molar-refractivity contribution in [2.45, 2.75) is 27.3 Å². The number of likely N-dealkylation sites (N-methyl/N-ethyl adjacent to an activating group) is 1. The Bertz CT molecular complexity index is 1360. The van der Waals surface area contributed by atoms with Gasteiger partial charge in [-0.15, -0.1) is 11.3 Å². The number of fused-ring (bicyclic) bond motifs is 1. The van der Waals surface area contributed by atoms with E-state index in [-0.39, 0.29) is 29.3 Å². The highest BCUT2D eigenvalue weighted by molar-refractivity contribution is 7.12. The predicted octanol–water partition coefficient (Wildman–Crippen LogP) is 4.42. The smallest absolute Gasteiger partial charge is 0.397 e. The standard InChI is InChI=1S/C24H26ClN7O4S/c1-5-32-18-8-16(7-6-15(18)10-31(14(3)33)11-19(32)34)28-23-27-9-17(25)21(30-23)29-20-13(2)12-37-22(20)36-24(35)26-4/h6-9,12H,5,10-11H2,1-4H3,(H,26,35)(H2,27,28,29,30). The summed E-state index contributed by atoms with van der Waals surface area (Å²) in [6.45, 7) is 6.06. The summed E-state index contributed by atoms with van der Waals surface area (Å²) in [6.07, 6.45) is 0.867. The first kappa shape index (κ1) is 26.2. The van der Waals surface area contributed by atoms with E-state index in [0.29, 0.717) is 35.3 Å². The second kappa shape index (κ2) is 11.0. The average Bonchev–Trinajstić information content (AvgIpc) is 3.12. The van der Waals surface area contributed by atoms with Gasteiger partial charge in [0.2, 0.25) is 22.8 Å². The number of hydrogen-bond donors (Lipinski definition) is 3. The van der Waals surface area contributed by atoms with Crippen molar-refractivity contribution < 1.29 is 19.1 Å². The normalized spacial score (nSPS) is 13.1. The first-order valence-corrected chi connectivity index (χ1v) is 12.7. The van der Waals surface area contributed by atoms with Crippen molar-refractivity contribution in [2.24, 2.45) is 0 Å². The molecule has 1 aliphatic rings. The number of ether oxygens (including phenoxy) is 1. The number of amides is 3. The number of nitrogens with zero attached hydrogens (tertiary/aromatic N) is 4. The van der Waals surface area contributed by atoms with Crippen molar-refractivity contribution in [2.75, 3.05) is 35.7 Å². The number of nitrogens with one attached hydrogen (secondary N) is 3. The Labute approximate surface area is 222 Å². The van der Waals surface area contributed by atoms with Crippen LogP contribution < -0.4 is 25.6 Å². The number of halogens is 1. The molecular weight excluding hydrogens is 518 g/mol.